The van der Waals surface area contributed by atoms with Gasteiger partial charge >= 0.3 is 0 Å². The summed E-state index contributed by atoms with van der Waals surface area (Å²) >= 11 is 1.96. The highest BCUT2D eigenvalue weighted by molar-refractivity contribution is 14.1. The van der Waals surface area contributed by atoms with Crippen LogP contribution in [0.5, 0.6) is 11.5 Å². The van der Waals surface area contributed by atoms with Crippen LogP contribution >= 0.6 is 22.6 Å². The predicted molar refractivity (Wildman–Crippen MR) is 106 cm³/mol. The molecule has 0 heterocycles. The highest BCUT2D eigenvalue weighted by Gasteiger charge is 2.08. The summed E-state index contributed by atoms with van der Waals surface area (Å²) in [5, 5.41) is 0. The van der Waals surface area contributed by atoms with Crippen LogP contribution in [-0.2, 0) is 0 Å². The van der Waals surface area contributed by atoms with E-state index in [2.05, 4.69) is 16.8 Å². The summed E-state index contributed by atoms with van der Waals surface area (Å²) in [5.74, 6) is 0.936. The largest absolute Gasteiger partial charge is 0.457 e. The van der Waals surface area contributed by atoms with Gasteiger partial charge in [0.15, 0.2) is 0 Å². The second-order valence-electron chi connectivity index (χ2n) is 5.81. The van der Waals surface area contributed by atoms with Crippen molar-refractivity contribution in [3.63, 3.8) is 0 Å². The summed E-state index contributed by atoms with van der Waals surface area (Å²) < 4.78 is 20.1. The molecule has 0 radical (unpaired) electrons. The van der Waals surface area contributed by atoms with Crippen molar-refractivity contribution in [2.75, 3.05) is 13.6 Å². The Morgan fingerprint density at radius 1 is 1.21 bits per heavy atom. The topological polar surface area (TPSA) is 24.8 Å². The molecule has 2 rings (SSSR count). The van der Waals surface area contributed by atoms with Crippen LogP contribution in [0.2, 0.25) is 0 Å². The molecule has 24 heavy (non-hydrogen) atoms. The summed E-state index contributed by atoms with van der Waals surface area (Å²) in [6.45, 7) is 7.07. The standard InChI is InChI=1S/C19H22FIN2O/c1-5-8-23(4)12-22-18-9-14(3)19(10-13(18)2)24-15-6-7-17(21)16(20)11-15/h6-7,9-12H,5,8H2,1-4H3/b22-12+. The van der Waals surface area contributed by atoms with E-state index in [4.69, 9.17) is 4.74 Å². The van der Waals surface area contributed by atoms with Crippen molar-refractivity contribution < 1.29 is 9.13 Å². The normalized spacial score (nSPS) is 11.1. The quantitative estimate of drug-likeness (QED) is 0.320. The smallest absolute Gasteiger partial charge is 0.140 e. The van der Waals surface area contributed by atoms with Crippen LogP contribution in [0, 0.1) is 23.2 Å². The molecule has 0 spiro atoms. The molecule has 0 N–H and O–H groups in total. The number of ether oxygens (including phenoxy) is 1. The minimum atomic E-state index is -0.275. The van der Waals surface area contributed by atoms with Gasteiger partial charge in [0.1, 0.15) is 17.3 Å². The maximum Gasteiger partial charge on any atom is 0.140 e. The average Bonchev–Trinajstić information content (AvgIpc) is 2.53. The molecule has 0 saturated carbocycles. The first-order valence-electron chi connectivity index (χ1n) is 7.89. The third kappa shape index (κ3) is 4.93. The molecule has 0 aliphatic rings. The molecule has 0 amide bonds. The van der Waals surface area contributed by atoms with Crippen LogP contribution in [0.1, 0.15) is 24.5 Å². The summed E-state index contributed by atoms with van der Waals surface area (Å²) in [7, 11) is 2.01. The van der Waals surface area contributed by atoms with Gasteiger partial charge in [0.25, 0.3) is 0 Å². The molecule has 5 heteroatoms. The molecule has 0 fully saturated rings. The van der Waals surface area contributed by atoms with E-state index < -0.39 is 0 Å². The Hall–Kier alpha value is -1.63. The van der Waals surface area contributed by atoms with Gasteiger partial charge in [0, 0.05) is 23.2 Å². The third-order valence-corrected chi connectivity index (χ3v) is 4.46. The molecule has 0 aliphatic heterocycles. The lowest BCUT2D eigenvalue weighted by molar-refractivity contribution is 0.472. The van der Waals surface area contributed by atoms with Crippen LogP contribution in [0.3, 0.4) is 0 Å². The molecule has 128 valence electrons. The molecule has 0 aliphatic carbocycles. The predicted octanol–water partition coefficient (Wildman–Crippen LogP) is 5.84. The van der Waals surface area contributed by atoms with Crippen LogP contribution in [0.25, 0.3) is 0 Å². The zero-order chi connectivity index (χ0) is 17.7. The van der Waals surface area contributed by atoms with Crippen molar-refractivity contribution in [3.8, 4) is 11.5 Å². The van der Waals surface area contributed by atoms with E-state index in [1.807, 2.05) is 62.0 Å². The van der Waals surface area contributed by atoms with Gasteiger partial charge in [-0.15, -0.1) is 0 Å². The second-order valence-corrected chi connectivity index (χ2v) is 6.97. The van der Waals surface area contributed by atoms with Gasteiger partial charge < -0.3 is 9.64 Å². The highest BCUT2D eigenvalue weighted by atomic mass is 127. The lowest BCUT2D eigenvalue weighted by Crippen LogP contribution is -2.16. The highest BCUT2D eigenvalue weighted by Crippen LogP contribution is 2.32. The first-order chi connectivity index (χ1) is 11.4. The van der Waals surface area contributed by atoms with Crippen LogP contribution < -0.4 is 4.74 Å². The van der Waals surface area contributed by atoms with Gasteiger partial charge in [-0.25, -0.2) is 9.38 Å². The second kappa shape index (κ2) is 8.46. The van der Waals surface area contributed by atoms with Crippen molar-refractivity contribution >= 4 is 34.6 Å². The van der Waals surface area contributed by atoms with Gasteiger partial charge in [-0.05, 0) is 78.3 Å². The fraction of sp³-hybridized carbons (Fsp3) is 0.316. The number of aliphatic imine (C=N–C) groups is 1. The Kier molecular flexibility index (Phi) is 6.60. The van der Waals surface area contributed by atoms with Crippen molar-refractivity contribution in [1.29, 1.82) is 0 Å². The van der Waals surface area contributed by atoms with Gasteiger partial charge in [0.05, 0.1) is 12.0 Å². The Morgan fingerprint density at radius 3 is 2.62 bits per heavy atom. The third-order valence-electron chi connectivity index (χ3n) is 3.58. The van der Waals surface area contributed by atoms with Crippen molar-refractivity contribution in [3.05, 3.63) is 50.8 Å². The SMILES string of the molecule is CCCN(C)/C=N/c1cc(C)c(Oc2ccc(I)c(F)c2)cc1C. The number of benzene rings is 2. The van der Waals surface area contributed by atoms with E-state index in [9.17, 15) is 4.39 Å². The Morgan fingerprint density at radius 2 is 1.96 bits per heavy atom. The Labute approximate surface area is 156 Å². The van der Waals surface area contributed by atoms with Gasteiger partial charge in [-0.1, -0.05) is 6.92 Å². The number of hydrogen-bond acceptors (Lipinski definition) is 2. The number of aryl methyl sites for hydroxylation is 2. The minimum Gasteiger partial charge on any atom is -0.457 e. The molecule has 0 atom stereocenters. The summed E-state index contributed by atoms with van der Waals surface area (Å²) in [5.41, 5.74) is 2.89. The first kappa shape index (κ1) is 18.7. The lowest BCUT2D eigenvalue weighted by atomic mass is 10.1. The number of hydrogen-bond donors (Lipinski definition) is 0. The Bertz CT molecular complexity index is 746. The zero-order valence-corrected chi connectivity index (χ0v) is 16.6. The van der Waals surface area contributed by atoms with Crippen molar-refractivity contribution in [1.82, 2.24) is 4.90 Å². The van der Waals surface area contributed by atoms with Crippen LogP contribution in [-0.4, -0.2) is 24.8 Å². The average molecular weight is 440 g/mol. The van der Waals surface area contributed by atoms with Crippen LogP contribution in [0.4, 0.5) is 10.1 Å². The lowest BCUT2D eigenvalue weighted by Gasteiger charge is -2.13. The molecule has 0 aromatic heterocycles. The van der Waals surface area contributed by atoms with E-state index in [0.29, 0.717) is 15.1 Å². The minimum absolute atomic E-state index is 0.275. The molecule has 0 bridgehead atoms. The van der Waals surface area contributed by atoms with E-state index >= 15 is 0 Å². The summed E-state index contributed by atoms with van der Waals surface area (Å²) in [4.78, 5) is 6.61. The summed E-state index contributed by atoms with van der Waals surface area (Å²) in [6.07, 6.45) is 2.93. The van der Waals surface area contributed by atoms with Gasteiger partial charge in [0.2, 0.25) is 0 Å². The maximum absolute atomic E-state index is 13.7. The van der Waals surface area contributed by atoms with E-state index in [0.717, 1.165) is 29.8 Å². The van der Waals surface area contributed by atoms with E-state index in [-0.39, 0.29) is 5.82 Å². The van der Waals surface area contributed by atoms with E-state index in [1.54, 1.807) is 12.1 Å². The molecular formula is C19H22FIN2O. The van der Waals surface area contributed by atoms with Gasteiger partial charge in [-0.3, -0.25) is 0 Å². The summed E-state index contributed by atoms with van der Waals surface area (Å²) in [6, 6.07) is 8.81. The maximum atomic E-state index is 13.7. The van der Waals surface area contributed by atoms with Crippen LogP contribution in [0.15, 0.2) is 35.3 Å². The molecule has 3 nitrogen and oxygen atoms in total. The molecular weight excluding hydrogens is 418 g/mol. The zero-order valence-electron chi connectivity index (χ0n) is 14.4. The van der Waals surface area contributed by atoms with Crippen molar-refractivity contribution in [2.45, 2.75) is 27.2 Å². The molecule has 0 unspecified atom stereocenters. The van der Waals surface area contributed by atoms with Crippen molar-refractivity contribution in [2.24, 2.45) is 4.99 Å². The Balaban J connectivity index is 2.21. The number of halogens is 2. The van der Waals surface area contributed by atoms with Gasteiger partial charge in [-0.2, -0.15) is 0 Å². The number of nitrogens with zero attached hydrogens (tertiary/aromatic N) is 2. The van der Waals surface area contributed by atoms with E-state index in [1.165, 1.54) is 6.07 Å². The fourth-order valence-electron chi connectivity index (χ4n) is 2.26. The first-order valence-corrected chi connectivity index (χ1v) is 8.97. The fourth-order valence-corrected chi connectivity index (χ4v) is 2.60. The molecule has 0 saturated heterocycles. The monoisotopic (exact) mass is 440 g/mol. The molecule has 2 aromatic carbocycles. The molecule has 2 aromatic rings. The number of rotatable bonds is 6.